The molecule has 3 aliphatic rings. The lowest BCUT2D eigenvalue weighted by Gasteiger charge is -2.26. The number of piperidine rings is 1. The smallest absolute Gasteiger partial charge is 0.230 e. The molecule has 1 aliphatic carbocycles. The van der Waals surface area contributed by atoms with Crippen LogP contribution in [0.4, 0.5) is 0 Å². The quantitative estimate of drug-likeness (QED) is 0.885. The maximum absolute atomic E-state index is 5.62. The Kier molecular flexibility index (Phi) is 5.04. The van der Waals surface area contributed by atoms with Gasteiger partial charge in [0.05, 0.1) is 0 Å². The van der Waals surface area contributed by atoms with Crippen LogP contribution in [0.2, 0.25) is 0 Å². The number of nitrogens with zero attached hydrogens (tertiary/aromatic N) is 3. The monoisotopic (exact) mass is 374 g/mol. The molecule has 2 atom stereocenters. The summed E-state index contributed by atoms with van der Waals surface area (Å²) in [4.78, 5) is 7.28. The molecule has 2 aromatic rings. The Morgan fingerprint density at radius 2 is 2.12 bits per heavy atom. The molecule has 2 unspecified atom stereocenters. The highest BCUT2D eigenvalue weighted by atomic mass is 35.5. The van der Waals surface area contributed by atoms with Gasteiger partial charge in [-0.2, -0.15) is 4.98 Å². The number of hydrogen-bond acceptors (Lipinski definition) is 5. The first-order chi connectivity index (χ1) is 12.3. The van der Waals surface area contributed by atoms with Crippen molar-refractivity contribution in [1.29, 1.82) is 0 Å². The average Bonchev–Trinajstić information content (AvgIpc) is 3.01. The first-order valence-corrected chi connectivity index (χ1v) is 9.68. The predicted molar refractivity (Wildman–Crippen MR) is 103 cm³/mol. The van der Waals surface area contributed by atoms with Crippen molar-refractivity contribution in [3.63, 3.8) is 0 Å². The lowest BCUT2D eigenvalue weighted by molar-refractivity contribution is 0.221. The first-order valence-electron chi connectivity index (χ1n) is 9.68. The van der Waals surface area contributed by atoms with Gasteiger partial charge in [-0.05, 0) is 62.4 Å². The van der Waals surface area contributed by atoms with Crippen LogP contribution < -0.4 is 5.32 Å². The summed E-state index contributed by atoms with van der Waals surface area (Å²) in [5, 5.41) is 7.73. The van der Waals surface area contributed by atoms with Crippen LogP contribution >= 0.6 is 12.4 Å². The first kappa shape index (κ1) is 18.0. The molecule has 5 rings (SSSR count). The zero-order valence-corrected chi connectivity index (χ0v) is 15.9. The normalized spacial score (nSPS) is 28.2. The minimum atomic E-state index is 0. The minimum Gasteiger partial charge on any atom is -0.339 e. The molecule has 1 N–H and O–H groups in total. The molecule has 6 heteroatoms. The number of aromatic nitrogens is 2. The summed E-state index contributed by atoms with van der Waals surface area (Å²) >= 11 is 0. The summed E-state index contributed by atoms with van der Waals surface area (Å²) in [6, 6.07) is 8.64. The van der Waals surface area contributed by atoms with E-state index in [4.69, 9.17) is 9.51 Å². The molecule has 0 radical (unpaired) electrons. The summed E-state index contributed by atoms with van der Waals surface area (Å²) in [5.74, 6) is 2.03. The second-order valence-corrected chi connectivity index (χ2v) is 8.04. The molecule has 0 amide bonds. The maximum Gasteiger partial charge on any atom is 0.230 e. The number of hydrogen-bond donors (Lipinski definition) is 1. The van der Waals surface area contributed by atoms with E-state index >= 15 is 0 Å². The van der Waals surface area contributed by atoms with Crippen molar-refractivity contribution in [3.8, 4) is 11.4 Å². The highest BCUT2D eigenvalue weighted by molar-refractivity contribution is 5.85. The largest absolute Gasteiger partial charge is 0.339 e. The minimum absolute atomic E-state index is 0. The second-order valence-electron chi connectivity index (χ2n) is 8.04. The Labute approximate surface area is 160 Å². The third-order valence-corrected chi connectivity index (χ3v) is 6.25. The Hall–Kier alpha value is -1.43. The van der Waals surface area contributed by atoms with E-state index in [-0.39, 0.29) is 12.4 Å². The summed E-state index contributed by atoms with van der Waals surface area (Å²) in [6.07, 6.45) is 6.45. The zero-order valence-electron chi connectivity index (χ0n) is 15.1. The third kappa shape index (κ3) is 3.40. The highest BCUT2D eigenvalue weighted by Crippen LogP contribution is 2.62. The highest BCUT2D eigenvalue weighted by Gasteiger charge is 2.58. The molecular weight excluding hydrogens is 348 g/mol. The van der Waals surface area contributed by atoms with E-state index in [1.54, 1.807) is 0 Å². The summed E-state index contributed by atoms with van der Waals surface area (Å²) < 4.78 is 5.62. The molecule has 1 saturated carbocycles. The van der Waals surface area contributed by atoms with Crippen molar-refractivity contribution >= 4 is 12.4 Å². The lowest BCUT2D eigenvalue weighted by Crippen LogP contribution is -2.29. The fourth-order valence-corrected chi connectivity index (χ4v) is 4.61. The lowest BCUT2D eigenvalue weighted by atomic mass is 10.0. The van der Waals surface area contributed by atoms with Gasteiger partial charge >= 0.3 is 0 Å². The van der Waals surface area contributed by atoms with Gasteiger partial charge in [-0.15, -0.1) is 12.4 Å². The molecule has 3 heterocycles. The second kappa shape index (κ2) is 7.29. The van der Waals surface area contributed by atoms with E-state index in [1.807, 2.05) is 0 Å². The van der Waals surface area contributed by atoms with Gasteiger partial charge in [0.15, 0.2) is 0 Å². The molecule has 0 bridgehead atoms. The van der Waals surface area contributed by atoms with Gasteiger partial charge in [0.25, 0.3) is 0 Å². The molecule has 1 aromatic heterocycles. The molecule has 1 spiro atoms. The van der Waals surface area contributed by atoms with Crippen LogP contribution in [0.3, 0.4) is 0 Å². The summed E-state index contributed by atoms with van der Waals surface area (Å²) in [5.41, 5.74) is 2.82. The SMILES string of the molecule is Cl.c1cc(CN2CCCCC2)cc(-c2noc(C3CC34CCNC4)n2)c1. The topological polar surface area (TPSA) is 54.2 Å². The number of rotatable bonds is 4. The molecule has 140 valence electrons. The van der Waals surface area contributed by atoms with E-state index in [9.17, 15) is 0 Å². The predicted octanol–water partition coefficient (Wildman–Crippen LogP) is 3.61. The van der Waals surface area contributed by atoms with Crippen molar-refractivity contribution in [2.24, 2.45) is 5.41 Å². The number of benzene rings is 1. The van der Waals surface area contributed by atoms with Gasteiger partial charge in [-0.3, -0.25) is 4.90 Å². The number of nitrogens with one attached hydrogen (secondary N) is 1. The Morgan fingerprint density at radius 1 is 1.23 bits per heavy atom. The van der Waals surface area contributed by atoms with E-state index in [2.05, 4.69) is 39.6 Å². The Balaban J connectivity index is 0.00000168. The third-order valence-electron chi connectivity index (χ3n) is 6.25. The van der Waals surface area contributed by atoms with Crippen LogP contribution in [0.25, 0.3) is 11.4 Å². The maximum atomic E-state index is 5.62. The van der Waals surface area contributed by atoms with Crippen LogP contribution in [0.15, 0.2) is 28.8 Å². The van der Waals surface area contributed by atoms with Gasteiger partial charge in [-0.1, -0.05) is 29.8 Å². The standard InChI is InChI=1S/C20H26N4O.ClH/c1-2-9-24(10-3-1)13-15-5-4-6-16(11-15)18-22-19(25-23-18)17-12-20(17)7-8-21-14-20;/h4-6,11,17,21H,1-3,7-10,12-14H2;1H. The number of halogens is 1. The van der Waals surface area contributed by atoms with Crippen molar-refractivity contribution in [2.75, 3.05) is 26.2 Å². The molecule has 5 nitrogen and oxygen atoms in total. The fraction of sp³-hybridized carbons (Fsp3) is 0.600. The van der Waals surface area contributed by atoms with E-state index in [1.165, 1.54) is 50.8 Å². The fourth-order valence-electron chi connectivity index (χ4n) is 4.61. The van der Waals surface area contributed by atoms with Gasteiger partial charge in [-0.25, -0.2) is 0 Å². The van der Waals surface area contributed by atoms with Gasteiger partial charge in [0.1, 0.15) is 0 Å². The van der Waals surface area contributed by atoms with Crippen molar-refractivity contribution in [2.45, 2.75) is 44.6 Å². The Morgan fingerprint density at radius 3 is 2.92 bits per heavy atom. The van der Waals surface area contributed by atoms with E-state index < -0.39 is 0 Å². The zero-order chi connectivity index (χ0) is 16.7. The molecular formula is C20H27ClN4O. The van der Waals surface area contributed by atoms with Crippen molar-refractivity contribution in [3.05, 3.63) is 35.7 Å². The van der Waals surface area contributed by atoms with E-state index in [0.29, 0.717) is 11.3 Å². The number of likely N-dealkylation sites (tertiary alicyclic amines) is 1. The van der Waals surface area contributed by atoms with Crippen LogP contribution in [0, 0.1) is 5.41 Å². The van der Waals surface area contributed by atoms with Crippen LogP contribution in [0.1, 0.15) is 49.5 Å². The van der Waals surface area contributed by atoms with Gasteiger partial charge in [0.2, 0.25) is 11.7 Å². The molecule has 26 heavy (non-hydrogen) atoms. The van der Waals surface area contributed by atoms with Crippen molar-refractivity contribution < 1.29 is 4.52 Å². The van der Waals surface area contributed by atoms with Crippen LogP contribution in [-0.4, -0.2) is 41.2 Å². The Bertz CT molecular complexity index is 750. The molecule has 3 fully saturated rings. The van der Waals surface area contributed by atoms with Crippen LogP contribution in [0.5, 0.6) is 0 Å². The van der Waals surface area contributed by atoms with Crippen molar-refractivity contribution in [1.82, 2.24) is 20.4 Å². The van der Waals surface area contributed by atoms with E-state index in [0.717, 1.165) is 36.9 Å². The molecule has 2 aliphatic heterocycles. The average molecular weight is 375 g/mol. The van der Waals surface area contributed by atoms with Crippen LogP contribution in [-0.2, 0) is 6.54 Å². The van der Waals surface area contributed by atoms with Gasteiger partial charge in [0, 0.05) is 24.6 Å². The summed E-state index contributed by atoms with van der Waals surface area (Å²) in [6.45, 7) is 5.68. The summed E-state index contributed by atoms with van der Waals surface area (Å²) in [7, 11) is 0. The molecule has 1 aromatic carbocycles. The van der Waals surface area contributed by atoms with Gasteiger partial charge < -0.3 is 9.84 Å². The molecule has 2 saturated heterocycles.